The predicted octanol–water partition coefficient (Wildman–Crippen LogP) is 4.83. The summed E-state index contributed by atoms with van der Waals surface area (Å²) in [4.78, 5) is 25.5. The molecule has 1 fully saturated rings. The summed E-state index contributed by atoms with van der Waals surface area (Å²) in [5.74, 6) is -0.254. The van der Waals surface area contributed by atoms with Crippen molar-refractivity contribution in [2.45, 2.75) is 12.3 Å². The molecule has 0 saturated heterocycles. The lowest BCUT2D eigenvalue weighted by atomic mass is 10.1. The molecule has 6 heteroatoms. The van der Waals surface area contributed by atoms with Crippen LogP contribution in [0, 0.1) is 11.7 Å². The molecule has 3 aromatic carbocycles. The zero-order valence-electron chi connectivity index (χ0n) is 16.4. The molecule has 5 nitrogen and oxygen atoms in total. The van der Waals surface area contributed by atoms with Crippen LogP contribution in [0.4, 0.5) is 15.8 Å². The number of hydrogen-bond donors (Lipinski definition) is 2. The largest absolute Gasteiger partial charge is 0.497 e. The van der Waals surface area contributed by atoms with E-state index in [1.807, 2.05) is 0 Å². The topological polar surface area (TPSA) is 67.4 Å². The Bertz CT molecular complexity index is 1080. The summed E-state index contributed by atoms with van der Waals surface area (Å²) in [7, 11) is 1.56. The third-order valence-corrected chi connectivity index (χ3v) is 5.18. The highest BCUT2D eigenvalue weighted by atomic mass is 19.1. The fourth-order valence-electron chi connectivity index (χ4n) is 3.48. The maximum atomic E-state index is 13.1. The van der Waals surface area contributed by atoms with Crippen molar-refractivity contribution in [3.8, 4) is 5.75 Å². The van der Waals surface area contributed by atoms with Crippen molar-refractivity contribution in [3.05, 3.63) is 89.7 Å². The third-order valence-electron chi connectivity index (χ3n) is 5.18. The van der Waals surface area contributed by atoms with Crippen molar-refractivity contribution < 1.29 is 18.7 Å². The second-order valence-electron chi connectivity index (χ2n) is 7.22. The van der Waals surface area contributed by atoms with E-state index in [0.717, 1.165) is 5.56 Å². The molecule has 0 aromatic heterocycles. The van der Waals surface area contributed by atoms with Crippen LogP contribution >= 0.6 is 0 Å². The van der Waals surface area contributed by atoms with E-state index in [9.17, 15) is 14.0 Å². The molecule has 2 atom stereocenters. The van der Waals surface area contributed by atoms with Gasteiger partial charge in [0.2, 0.25) is 5.91 Å². The lowest BCUT2D eigenvalue weighted by molar-refractivity contribution is -0.117. The van der Waals surface area contributed by atoms with Crippen LogP contribution < -0.4 is 15.4 Å². The zero-order valence-corrected chi connectivity index (χ0v) is 16.4. The van der Waals surface area contributed by atoms with E-state index in [1.54, 1.807) is 67.8 Å². The first kappa shape index (κ1) is 19.6. The Morgan fingerprint density at radius 2 is 1.73 bits per heavy atom. The number of amides is 2. The average molecular weight is 404 g/mol. The SMILES string of the molecule is COc1cccc(NC(=O)c2ccccc2NC(=O)C2CC2c2ccc(F)cc2)c1. The van der Waals surface area contributed by atoms with Crippen molar-refractivity contribution >= 4 is 23.2 Å². The highest BCUT2D eigenvalue weighted by molar-refractivity contribution is 6.10. The summed E-state index contributed by atoms with van der Waals surface area (Å²) in [6.45, 7) is 0. The van der Waals surface area contributed by atoms with Crippen molar-refractivity contribution in [3.63, 3.8) is 0 Å². The van der Waals surface area contributed by atoms with Gasteiger partial charge in [-0.25, -0.2) is 4.39 Å². The molecule has 1 aliphatic carbocycles. The van der Waals surface area contributed by atoms with Gasteiger partial charge >= 0.3 is 0 Å². The lowest BCUT2D eigenvalue weighted by Crippen LogP contribution is -2.19. The molecule has 1 aliphatic rings. The van der Waals surface area contributed by atoms with Crippen LogP contribution in [0.5, 0.6) is 5.75 Å². The number of anilines is 2. The Morgan fingerprint density at radius 3 is 2.50 bits per heavy atom. The summed E-state index contributed by atoms with van der Waals surface area (Å²) in [5, 5.41) is 5.70. The van der Waals surface area contributed by atoms with Gasteiger partial charge in [-0.3, -0.25) is 9.59 Å². The Hall–Kier alpha value is -3.67. The summed E-state index contributed by atoms with van der Waals surface area (Å²) in [5.41, 5.74) is 2.36. The first-order chi connectivity index (χ1) is 14.5. The number of benzene rings is 3. The quantitative estimate of drug-likeness (QED) is 0.618. The highest BCUT2D eigenvalue weighted by Gasteiger charge is 2.44. The van der Waals surface area contributed by atoms with E-state index in [-0.39, 0.29) is 29.5 Å². The molecular weight excluding hydrogens is 383 g/mol. The van der Waals surface area contributed by atoms with Crippen molar-refractivity contribution in [1.82, 2.24) is 0 Å². The van der Waals surface area contributed by atoms with Crippen molar-refractivity contribution in [2.75, 3.05) is 17.7 Å². The molecule has 0 bridgehead atoms. The van der Waals surface area contributed by atoms with Gasteiger partial charge in [0.25, 0.3) is 5.91 Å². The molecule has 2 unspecified atom stereocenters. The molecule has 0 aliphatic heterocycles. The smallest absolute Gasteiger partial charge is 0.257 e. The normalized spacial score (nSPS) is 17.1. The summed E-state index contributed by atoms with van der Waals surface area (Å²) in [6.07, 6.45) is 0.704. The monoisotopic (exact) mass is 404 g/mol. The number of hydrogen-bond acceptors (Lipinski definition) is 3. The van der Waals surface area contributed by atoms with Gasteiger partial charge < -0.3 is 15.4 Å². The first-order valence-electron chi connectivity index (χ1n) is 9.66. The highest BCUT2D eigenvalue weighted by Crippen LogP contribution is 2.48. The predicted molar refractivity (Wildman–Crippen MR) is 113 cm³/mol. The number of ether oxygens (including phenoxy) is 1. The first-order valence-corrected chi connectivity index (χ1v) is 9.66. The third kappa shape index (κ3) is 4.33. The molecule has 3 aromatic rings. The van der Waals surface area contributed by atoms with E-state index in [4.69, 9.17) is 4.74 Å². The van der Waals surface area contributed by atoms with Gasteiger partial charge in [0, 0.05) is 17.7 Å². The maximum Gasteiger partial charge on any atom is 0.257 e. The van der Waals surface area contributed by atoms with Crippen LogP contribution in [0.3, 0.4) is 0 Å². The van der Waals surface area contributed by atoms with Crippen LogP contribution in [0.25, 0.3) is 0 Å². The van der Waals surface area contributed by atoms with Crippen LogP contribution in [0.2, 0.25) is 0 Å². The van der Waals surface area contributed by atoms with E-state index in [0.29, 0.717) is 29.1 Å². The van der Waals surface area contributed by atoms with Crippen molar-refractivity contribution in [1.29, 1.82) is 0 Å². The molecule has 0 spiro atoms. The minimum Gasteiger partial charge on any atom is -0.497 e. The number of para-hydroxylation sites is 1. The minimum absolute atomic E-state index is 0.0726. The van der Waals surface area contributed by atoms with Gasteiger partial charge in [-0.05, 0) is 54.3 Å². The van der Waals surface area contributed by atoms with Gasteiger partial charge in [-0.15, -0.1) is 0 Å². The van der Waals surface area contributed by atoms with Gasteiger partial charge in [0.1, 0.15) is 11.6 Å². The lowest BCUT2D eigenvalue weighted by Gasteiger charge is -2.12. The van der Waals surface area contributed by atoms with Crippen LogP contribution in [-0.4, -0.2) is 18.9 Å². The molecule has 152 valence electrons. The number of methoxy groups -OCH3 is 1. The van der Waals surface area contributed by atoms with Gasteiger partial charge in [-0.2, -0.15) is 0 Å². The summed E-state index contributed by atoms with van der Waals surface area (Å²) in [6, 6.07) is 20.2. The second-order valence-corrected chi connectivity index (χ2v) is 7.22. The van der Waals surface area contributed by atoms with Gasteiger partial charge in [-0.1, -0.05) is 30.3 Å². The number of nitrogens with one attached hydrogen (secondary N) is 2. The Morgan fingerprint density at radius 1 is 0.967 bits per heavy atom. The van der Waals surface area contributed by atoms with Crippen LogP contribution in [0.1, 0.15) is 28.3 Å². The Labute approximate surface area is 173 Å². The van der Waals surface area contributed by atoms with Gasteiger partial charge in [0.05, 0.1) is 18.4 Å². The summed E-state index contributed by atoms with van der Waals surface area (Å²) < 4.78 is 18.3. The van der Waals surface area contributed by atoms with E-state index < -0.39 is 0 Å². The van der Waals surface area contributed by atoms with Gasteiger partial charge in [0.15, 0.2) is 0 Å². The average Bonchev–Trinajstić information content (AvgIpc) is 3.56. The van der Waals surface area contributed by atoms with E-state index >= 15 is 0 Å². The molecule has 2 N–H and O–H groups in total. The molecule has 0 radical (unpaired) electrons. The Balaban J connectivity index is 1.45. The fraction of sp³-hybridized carbons (Fsp3) is 0.167. The van der Waals surface area contributed by atoms with E-state index in [2.05, 4.69) is 10.6 Å². The second kappa shape index (κ2) is 8.37. The molecule has 1 saturated carbocycles. The van der Waals surface area contributed by atoms with Crippen LogP contribution in [0.15, 0.2) is 72.8 Å². The number of halogens is 1. The maximum absolute atomic E-state index is 13.1. The Kier molecular flexibility index (Phi) is 5.48. The molecule has 4 rings (SSSR count). The standard InChI is InChI=1S/C24H21FN2O3/c1-30-18-6-4-5-17(13-18)26-23(28)19-7-2-3-8-22(19)27-24(29)21-14-20(21)15-9-11-16(25)12-10-15/h2-13,20-21H,14H2,1H3,(H,26,28)(H,27,29). The minimum atomic E-state index is -0.329. The zero-order chi connectivity index (χ0) is 21.1. The molecular formula is C24H21FN2O3. The molecule has 0 heterocycles. The van der Waals surface area contributed by atoms with E-state index in [1.165, 1.54) is 12.1 Å². The molecule has 30 heavy (non-hydrogen) atoms. The summed E-state index contributed by atoms with van der Waals surface area (Å²) >= 11 is 0. The number of rotatable bonds is 6. The van der Waals surface area contributed by atoms with Crippen LogP contribution in [-0.2, 0) is 4.79 Å². The number of carbonyl (C=O) groups excluding carboxylic acids is 2. The fourth-order valence-corrected chi connectivity index (χ4v) is 3.48. The number of carbonyl (C=O) groups is 2. The molecule has 2 amide bonds. The van der Waals surface area contributed by atoms with Crippen molar-refractivity contribution in [2.24, 2.45) is 5.92 Å².